The van der Waals surface area contributed by atoms with Crippen LogP contribution in [0.2, 0.25) is 0 Å². The van der Waals surface area contributed by atoms with Crippen molar-refractivity contribution in [3.8, 4) is 0 Å². The minimum Gasteiger partial charge on any atom is -0.0871 e. The third-order valence-corrected chi connectivity index (χ3v) is 1.78. The minimum absolute atomic E-state index is 1.17. The van der Waals surface area contributed by atoms with Gasteiger partial charge in [0.1, 0.15) is 0 Å². The van der Waals surface area contributed by atoms with Crippen molar-refractivity contribution in [2.45, 2.75) is 27.2 Å². The van der Waals surface area contributed by atoms with Crippen LogP contribution >= 0.6 is 0 Å². The average molecular weight is 134 g/mol. The van der Waals surface area contributed by atoms with Crippen molar-refractivity contribution >= 4 is 0 Å². The van der Waals surface area contributed by atoms with Crippen LogP contribution in [-0.2, 0) is 0 Å². The first-order valence-electron chi connectivity index (χ1n) is 3.73. The van der Waals surface area contributed by atoms with Crippen molar-refractivity contribution in [2.24, 2.45) is 0 Å². The van der Waals surface area contributed by atoms with Gasteiger partial charge in [-0.05, 0) is 32.8 Å². The third kappa shape index (κ3) is 1.38. The molecule has 0 heterocycles. The first-order chi connectivity index (χ1) is 4.74. The summed E-state index contributed by atoms with van der Waals surface area (Å²) in [6, 6.07) is 0. The van der Waals surface area contributed by atoms with E-state index >= 15 is 0 Å². The summed E-state index contributed by atoms with van der Waals surface area (Å²) < 4.78 is 0. The van der Waals surface area contributed by atoms with Crippen molar-refractivity contribution in [3.05, 3.63) is 34.9 Å². The number of rotatable bonds is 1. The van der Waals surface area contributed by atoms with E-state index < -0.39 is 0 Å². The molecule has 1 rings (SSSR count). The molecule has 0 saturated carbocycles. The Labute approximate surface area is 62.9 Å². The van der Waals surface area contributed by atoms with Gasteiger partial charge in [0.15, 0.2) is 0 Å². The lowest BCUT2D eigenvalue weighted by atomic mass is 10.1. The Hall–Kier alpha value is -0.780. The summed E-state index contributed by atoms with van der Waals surface area (Å²) in [6.45, 7) is 6.43. The predicted molar refractivity (Wildman–Crippen MR) is 45.9 cm³/mol. The second-order valence-electron chi connectivity index (χ2n) is 2.90. The van der Waals surface area contributed by atoms with Gasteiger partial charge in [-0.2, -0.15) is 0 Å². The van der Waals surface area contributed by atoms with Gasteiger partial charge in [-0.15, -0.1) is 0 Å². The normalized spacial score (nSPS) is 18.9. The van der Waals surface area contributed by atoms with Gasteiger partial charge in [-0.3, -0.25) is 0 Å². The van der Waals surface area contributed by atoms with Crippen LogP contribution in [0.5, 0.6) is 0 Å². The Morgan fingerprint density at radius 1 is 1.40 bits per heavy atom. The molecule has 0 nitrogen and oxygen atoms in total. The van der Waals surface area contributed by atoms with Gasteiger partial charge < -0.3 is 0 Å². The van der Waals surface area contributed by atoms with Crippen LogP contribution in [0.4, 0.5) is 0 Å². The summed E-state index contributed by atoms with van der Waals surface area (Å²) in [6.07, 6.45) is 7.69. The molecular weight excluding hydrogens is 120 g/mol. The quantitative estimate of drug-likeness (QED) is 0.516. The van der Waals surface area contributed by atoms with E-state index in [1.54, 1.807) is 0 Å². The van der Waals surface area contributed by atoms with Crippen LogP contribution in [0.15, 0.2) is 34.9 Å². The average Bonchev–Trinajstić information content (AvgIpc) is 2.13. The van der Waals surface area contributed by atoms with Crippen molar-refractivity contribution in [1.29, 1.82) is 0 Å². The molecule has 0 amide bonds. The second-order valence-corrected chi connectivity index (χ2v) is 2.90. The van der Waals surface area contributed by atoms with Crippen molar-refractivity contribution in [2.75, 3.05) is 0 Å². The molecule has 0 unspecified atom stereocenters. The Bertz CT molecular complexity index is 214. The first kappa shape index (κ1) is 7.33. The van der Waals surface area contributed by atoms with Gasteiger partial charge in [0.25, 0.3) is 0 Å². The summed E-state index contributed by atoms with van der Waals surface area (Å²) in [5, 5.41) is 0. The van der Waals surface area contributed by atoms with Crippen LogP contribution in [-0.4, -0.2) is 0 Å². The summed E-state index contributed by atoms with van der Waals surface area (Å²) in [5.41, 5.74) is 4.38. The summed E-state index contributed by atoms with van der Waals surface area (Å²) >= 11 is 0. The molecule has 10 heavy (non-hydrogen) atoms. The Morgan fingerprint density at radius 3 is 2.50 bits per heavy atom. The van der Waals surface area contributed by atoms with Gasteiger partial charge in [0, 0.05) is 0 Å². The van der Waals surface area contributed by atoms with Crippen molar-refractivity contribution in [1.82, 2.24) is 0 Å². The molecular formula is C10H14. The molecule has 0 radical (unpaired) electrons. The molecule has 0 atom stereocenters. The van der Waals surface area contributed by atoms with E-state index in [4.69, 9.17) is 0 Å². The second kappa shape index (κ2) is 2.87. The van der Waals surface area contributed by atoms with Gasteiger partial charge in [0.2, 0.25) is 0 Å². The van der Waals surface area contributed by atoms with Gasteiger partial charge in [0.05, 0.1) is 0 Å². The maximum absolute atomic E-state index is 2.26. The molecule has 0 aromatic rings. The Morgan fingerprint density at radius 2 is 2.10 bits per heavy atom. The van der Waals surface area contributed by atoms with Crippen molar-refractivity contribution in [3.63, 3.8) is 0 Å². The molecule has 0 N–H and O–H groups in total. The van der Waals surface area contributed by atoms with Crippen LogP contribution in [0.1, 0.15) is 27.2 Å². The Balaban J connectivity index is 2.82. The lowest BCUT2D eigenvalue weighted by molar-refractivity contribution is 1.14. The van der Waals surface area contributed by atoms with E-state index in [0.29, 0.717) is 0 Å². The maximum Gasteiger partial charge on any atom is -0.0102 e. The zero-order valence-electron chi connectivity index (χ0n) is 6.94. The fraction of sp³-hybridized carbons (Fsp3) is 0.400. The number of hydrogen-bond donors (Lipinski definition) is 0. The minimum atomic E-state index is 1.17. The Kier molecular flexibility index (Phi) is 2.10. The monoisotopic (exact) mass is 134 g/mol. The number of allylic oxidation sites excluding steroid dienone is 6. The largest absolute Gasteiger partial charge is 0.0871 e. The van der Waals surface area contributed by atoms with Gasteiger partial charge in [-0.25, -0.2) is 0 Å². The molecule has 0 aliphatic heterocycles. The lowest BCUT2D eigenvalue weighted by Crippen LogP contribution is -1.72. The summed E-state index contributed by atoms with van der Waals surface area (Å²) in [5.74, 6) is 0. The van der Waals surface area contributed by atoms with E-state index in [1.807, 2.05) is 0 Å². The van der Waals surface area contributed by atoms with Crippen LogP contribution in [0.25, 0.3) is 0 Å². The van der Waals surface area contributed by atoms with Crippen LogP contribution < -0.4 is 0 Å². The molecule has 0 bridgehead atoms. The highest BCUT2D eigenvalue weighted by atomic mass is 14.1. The summed E-state index contributed by atoms with van der Waals surface area (Å²) in [7, 11) is 0. The maximum atomic E-state index is 2.26. The van der Waals surface area contributed by atoms with E-state index in [-0.39, 0.29) is 0 Å². The lowest BCUT2D eigenvalue weighted by Gasteiger charge is -1.91. The van der Waals surface area contributed by atoms with Crippen LogP contribution in [0, 0.1) is 0 Å². The SMILES string of the molecule is CC=CC1=C(C)CC(C)=C1. The fourth-order valence-corrected chi connectivity index (χ4v) is 1.33. The molecule has 1 aliphatic carbocycles. The highest BCUT2D eigenvalue weighted by molar-refractivity contribution is 5.43. The van der Waals surface area contributed by atoms with E-state index in [1.165, 1.54) is 23.1 Å². The van der Waals surface area contributed by atoms with E-state index in [0.717, 1.165) is 0 Å². The number of hydrogen-bond acceptors (Lipinski definition) is 0. The zero-order chi connectivity index (χ0) is 7.56. The predicted octanol–water partition coefficient (Wildman–Crippen LogP) is 3.23. The van der Waals surface area contributed by atoms with E-state index in [9.17, 15) is 0 Å². The highest BCUT2D eigenvalue weighted by Gasteiger charge is 2.05. The summed E-state index contributed by atoms with van der Waals surface area (Å²) in [4.78, 5) is 0. The van der Waals surface area contributed by atoms with E-state index in [2.05, 4.69) is 39.0 Å². The van der Waals surface area contributed by atoms with Crippen LogP contribution in [0.3, 0.4) is 0 Å². The highest BCUT2D eigenvalue weighted by Crippen LogP contribution is 2.24. The van der Waals surface area contributed by atoms with Gasteiger partial charge >= 0.3 is 0 Å². The smallest absolute Gasteiger partial charge is 0.0102 e. The molecule has 0 spiro atoms. The molecule has 0 heteroatoms. The standard InChI is InChI=1S/C10H14/c1-4-5-10-7-8(2)6-9(10)3/h4-5,7H,6H2,1-3H3. The first-order valence-corrected chi connectivity index (χ1v) is 3.73. The fourth-order valence-electron chi connectivity index (χ4n) is 1.33. The molecule has 0 fully saturated rings. The zero-order valence-corrected chi connectivity index (χ0v) is 6.94. The van der Waals surface area contributed by atoms with Gasteiger partial charge in [-0.1, -0.05) is 29.4 Å². The molecule has 1 aliphatic rings. The molecule has 0 aromatic carbocycles. The molecule has 54 valence electrons. The molecule has 0 aromatic heterocycles. The van der Waals surface area contributed by atoms with Crippen molar-refractivity contribution < 1.29 is 0 Å². The molecule has 0 saturated heterocycles. The topological polar surface area (TPSA) is 0 Å². The third-order valence-electron chi connectivity index (χ3n) is 1.78.